The van der Waals surface area contributed by atoms with Crippen LogP contribution < -0.4 is 0 Å². The molecule has 0 amide bonds. The molecule has 1 saturated heterocycles. The summed E-state index contributed by atoms with van der Waals surface area (Å²) in [6, 6.07) is 0. The van der Waals surface area contributed by atoms with E-state index in [1.54, 1.807) is 0 Å². The Kier molecular flexibility index (Phi) is 3.21. The highest BCUT2D eigenvalue weighted by atomic mass is 16.7. The van der Waals surface area contributed by atoms with Crippen molar-refractivity contribution < 1.29 is 29.6 Å². The third kappa shape index (κ3) is 2.16. The Morgan fingerprint density at radius 3 is 2.54 bits per heavy atom. The molecule has 1 heterocycles. The van der Waals surface area contributed by atoms with Crippen LogP contribution in [0.5, 0.6) is 0 Å². The number of methoxy groups -OCH3 is 1. The minimum Gasteiger partial charge on any atom is -0.479 e. The van der Waals surface area contributed by atoms with E-state index in [1.807, 2.05) is 0 Å². The maximum absolute atomic E-state index is 10.5. The second-order valence-corrected chi connectivity index (χ2v) is 2.87. The zero-order valence-electron chi connectivity index (χ0n) is 7.08. The van der Waals surface area contributed by atoms with Gasteiger partial charge in [0.25, 0.3) is 0 Å². The van der Waals surface area contributed by atoms with Crippen LogP contribution >= 0.6 is 0 Å². The van der Waals surface area contributed by atoms with Crippen molar-refractivity contribution in [1.29, 1.82) is 0 Å². The summed E-state index contributed by atoms with van der Waals surface area (Å²) in [6.45, 7) is 0. The zero-order valence-corrected chi connectivity index (χ0v) is 7.08. The van der Waals surface area contributed by atoms with Crippen molar-refractivity contribution in [3.8, 4) is 0 Å². The second-order valence-electron chi connectivity index (χ2n) is 2.87. The van der Waals surface area contributed by atoms with Crippen molar-refractivity contribution in [2.75, 3.05) is 7.11 Å². The van der Waals surface area contributed by atoms with E-state index in [0.29, 0.717) is 0 Å². The van der Waals surface area contributed by atoms with Crippen molar-refractivity contribution in [3.63, 3.8) is 0 Å². The van der Waals surface area contributed by atoms with Gasteiger partial charge in [-0.15, -0.1) is 0 Å². The van der Waals surface area contributed by atoms with Crippen molar-refractivity contribution in [3.05, 3.63) is 0 Å². The topological polar surface area (TPSA) is 96.2 Å². The van der Waals surface area contributed by atoms with Crippen LogP contribution in [0.2, 0.25) is 0 Å². The Hall–Kier alpha value is -0.690. The first kappa shape index (κ1) is 10.4. The van der Waals surface area contributed by atoms with Crippen LogP contribution in [0.1, 0.15) is 6.42 Å². The lowest BCUT2D eigenvalue weighted by atomic mass is 10.0. The van der Waals surface area contributed by atoms with E-state index in [-0.39, 0.29) is 6.42 Å². The molecule has 1 aliphatic heterocycles. The van der Waals surface area contributed by atoms with Crippen LogP contribution in [0, 0.1) is 0 Å². The van der Waals surface area contributed by atoms with E-state index in [4.69, 9.17) is 9.84 Å². The quantitative estimate of drug-likeness (QED) is 0.495. The van der Waals surface area contributed by atoms with E-state index in [0.717, 1.165) is 0 Å². The molecule has 76 valence electrons. The summed E-state index contributed by atoms with van der Waals surface area (Å²) in [7, 11) is 1.30. The van der Waals surface area contributed by atoms with Crippen LogP contribution in [0.4, 0.5) is 0 Å². The van der Waals surface area contributed by atoms with Gasteiger partial charge < -0.3 is 24.8 Å². The van der Waals surface area contributed by atoms with E-state index >= 15 is 0 Å². The fourth-order valence-electron chi connectivity index (χ4n) is 1.24. The molecule has 3 N–H and O–H groups in total. The number of aliphatic hydroxyl groups is 2. The van der Waals surface area contributed by atoms with Gasteiger partial charge in [0.15, 0.2) is 12.4 Å². The molecule has 2 unspecified atom stereocenters. The van der Waals surface area contributed by atoms with E-state index in [1.165, 1.54) is 7.11 Å². The minimum absolute atomic E-state index is 0.0600. The lowest BCUT2D eigenvalue weighted by molar-refractivity contribution is -0.256. The molecule has 4 atom stereocenters. The van der Waals surface area contributed by atoms with Gasteiger partial charge in [-0.3, -0.25) is 0 Å². The average Bonchev–Trinajstić information content (AvgIpc) is 2.03. The Labute approximate surface area is 74.7 Å². The Balaban J connectivity index is 2.63. The van der Waals surface area contributed by atoms with Gasteiger partial charge in [0.2, 0.25) is 0 Å². The number of carboxylic acid groups (broad SMARTS) is 1. The first-order valence-electron chi connectivity index (χ1n) is 3.83. The maximum atomic E-state index is 10.5. The highest BCUT2D eigenvalue weighted by Gasteiger charge is 2.40. The predicted molar refractivity (Wildman–Crippen MR) is 39.9 cm³/mol. The summed E-state index contributed by atoms with van der Waals surface area (Å²) in [5.74, 6) is -1.26. The van der Waals surface area contributed by atoms with Gasteiger partial charge in [-0.05, 0) is 0 Å². The molecule has 0 aromatic rings. The Morgan fingerprint density at radius 2 is 2.08 bits per heavy atom. The molecular formula is C7H12O6. The van der Waals surface area contributed by atoms with Crippen LogP contribution in [-0.2, 0) is 14.3 Å². The number of hydrogen-bond donors (Lipinski definition) is 3. The molecule has 0 saturated carbocycles. The number of hydrogen-bond acceptors (Lipinski definition) is 5. The molecular weight excluding hydrogens is 180 g/mol. The van der Waals surface area contributed by atoms with Crippen LogP contribution in [-0.4, -0.2) is 53.0 Å². The normalized spacial score (nSPS) is 40.2. The number of aliphatic carboxylic acids is 1. The van der Waals surface area contributed by atoms with Gasteiger partial charge in [0, 0.05) is 13.5 Å². The van der Waals surface area contributed by atoms with Gasteiger partial charge >= 0.3 is 5.97 Å². The van der Waals surface area contributed by atoms with Crippen molar-refractivity contribution >= 4 is 5.97 Å². The first-order valence-corrected chi connectivity index (χ1v) is 3.83. The SMILES string of the molecule is COC1OC(C(=O)O)[C@@H](O)C[C@H]1O. The summed E-state index contributed by atoms with van der Waals surface area (Å²) < 4.78 is 9.49. The summed E-state index contributed by atoms with van der Waals surface area (Å²) in [5, 5.41) is 27.0. The Bertz CT molecular complexity index is 193. The Morgan fingerprint density at radius 1 is 1.46 bits per heavy atom. The molecule has 0 bridgehead atoms. The van der Waals surface area contributed by atoms with E-state index in [9.17, 15) is 15.0 Å². The van der Waals surface area contributed by atoms with Crippen LogP contribution in [0.15, 0.2) is 0 Å². The van der Waals surface area contributed by atoms with E-state index < -0.39 is 30.6 Å². The largest absolute Gasteiger partial charge is 0.479 e. The third-order valence-electron chi connectivity index (χ3n) is 1.90. The van der Waals surface area contributed by atoms with Crippen molar-refractivity contribution in [2.45, 2.75) is 31.0 Å². The minimum atomic E-state index is -1.33. The summed E-state index contributed by atoms with van der Waals surface area (Å²) in [5.41, 5.74) is 0. The molecule has 0 radical (unpaired) electrons. The summed E-state index contributed by atoms with van der Waals surface area (Å²) in [6.07, 6.45) is -4.55. The molecule has 6 nitrogen and oxygen atoms in total. The third-order valence-corrected chi connectivity index (χ3v) is 1.90. The molecule has 6 heteroatoms. The van der Waals surface area contributed by atoms with Gasteiger partial charge in [-0.25, -0.2) is 4.79 Å². The molecule has 0 aromatic carbocycles. The molecule has 13 heavy (non-hydrogen) atoms. The van der Waals surface area contributed by atoms with Gasteiger partial charge in [0.1, 0.15) is 6.10 Å². The molecule has 0 aromatic heterocycles. The zero-order chi connectivity index (χ0) is 10.0. The van der Waals surface area contributed by atoms with Crippen LogP contribution in [0.3, 0.4) is 0 Å². The number of carboxylic acids is 1. The fourth-order valence-corrected chi connectivity index (χ4v) is 1.24. The molecule has 0 aliphatic carbocycles. The second kappa shape index (κ2) is 4.01. The molecule has 0 spiro atoms. The monoisotopic (exact) mass is 192 g/mol. The fraction of sp³-hybridized carbons (Fsp3) is 0.857. The standard InChI is InChI=1S/C7H12O6/c1-12-7-4(9)2-3(8)5(13-7)6(10)11/h3-5,7-9H,2H2,1H3,(H,10,11)/t3-,4+,5?,7?/m0/s1. The van der Waals surface area contributed by atoms with Gasteiger partial charge in [0.05, 0.1) is 6.10 Å². The predicted octanol–water partition coefficient (Wildman–Crippen LogP) is -1.45. The molecule has 1 fully saturated rings. The number of ether oxygens (including phenoxy) is 2. The smallest absolute Gasteiger partial charge is 0.335 e. The van der Waals surface area contributed by atoms with Crippen molar-refractivity contribution in [2.24, 2.45) is 0 Å². The summed E-state index contributed by atoms with van der Waals surface area (Å²) >= 11 is 0. The highest BCUT2D eigenvalue weighted by Crippen LogP contribution is 2.20. The lowest BCUT2D eigenvalue weighted by Gasteiger charge is -2.33. The first-order chi connectivity index (χ1) is 6.06. The van der Waals surface area contributed by atoms with Crippen LogP contribution in [0.25, 0.3) is 0 Å². The van der Waals surface area contributed by atoms with Crippen molar-refractivity contribution in [1.82, 2.24) is 0 Å². The molecule has 1 aliphatic rings. The lowest BCUT2D eigenvalue weighted by Crippen LogP contribution is -2.51. The number of aliphatic hydroxyl groups excluding tert-OH is 2. The maximum Gasteiger partial charge on any atom is 0.335 e. The summed E-state index contributed by atoms with van der Waals surface area (Å²) in [4.78, 5) is 10.5. The molecule has 1 rings (SSSR count). The number of carbonyl (C=O) groups is 1. The van der Waals surface area contributed by atoms with E-state index in [2.05, 4.69) is 4.74 Å². The van der Waals surface area contributed by atoms with Gasteiger partial charge in [-0.1, -0.05) is 0 Å². The average molecular weight is 192 g/mol. The number of rotatable bonds is 2. The highest BCUT2D eigenvalue weighted by molar-refractivity contribution is 5.73. The van der Waals surface area contributed by atoms with Gasteiger partial charge in [-0.2, -0.15) is 0 Å².